The summed E-state index contributed by atoms with van der Waals surface area (Å²) in [6.45, 7) is 2.66. The van der Waals surface area contributed by atoms with Gasteiger partial charge in [-0.25, -0.2) is 4.57 Å². The van der Waals surface area contributed by atoms with Gasteiger partial charge in [0.15, 0.2) is 0 Å². The van der Waals surface area contributed by atoms with Crippen LogP contribution in [0.5, 0.6) is 0 Å². The van der Waals surface area contributed by atoms with Crippen LogP contribution >= 0.6 is 27.3 Å². The van der Waals surface area contributed by atoms with Crippen molar-refractivity contribution in [3.05, 3.63) is 106 Å². The lowest BCUT2D eigenvalue weighted by Gasteiger charge is -2.25. The normalized spacial score (nSPS) is 10.6. The van der Waals surface area contributed by atoms with Gasteiger partial charge < -0.3 is 14.8 Å². The van der Waals surface area contributed by atoms with Crippen molar-refractivity contribution in [2.45, 2.75) is 20.0 Å². The molecule has 0 radical (unpaired) electrons. The van der Waals surface area contributed by atoms with Gasteiger partial charge in [-0.1, -0.05) is 60.7 Å². The summed E-state index contributed by atoms with van der Waals surface area (Å²) in [5.74, 6) is -1.08. The van der Waals surface area contributed by atoms with E-state index in [-0.39, 0.29) is 0 Å². The highest BCUT2D eigenvalue weighted by Gasteiger charge is 2.12. The van der Waals surface area contributed by atoms with Crippen molar-refractivity contribution < 1.29 is 14.5 Å². The minimum atomic E-state index is -1.08. The number of carbonyl (C=O) groups is 1. The fraction of sp³-hybridized carbons (Fsp3) is 0.154. The number of halogens is 1. The zero-order valence-electron chi connectivity index (χ0n) is 19.0. The van der Waals surface area contributed by atoms with Gasteiger partial charge in [-0.05, 0) is 74.7 Å². The molecule has 1 aromatic heterocycles. The van der Waals surface area contributed by atoms with Crippen molar-refractivity contribution in [3.8, 4) is 0 Å². The van der Waals surface area contributed by atoms with Crippen LogP contribution in [0.25, 0.3) is 0 Å². The Kier molecular flexibility index (Phi) is 9.49. The van der Waals surface area contributed by atoms with Crippen LogP contribution in [0.4, 0.5) is 16.5 Å². The maximum Gasteiger partial charge on any atom is 0.409 e. The number of carboxylic acids is 1. The number of aryl methyl sites for hydroxylation is 1. The van der Waals surface area contributed by atoms with Gasteiger partial charge in [-0.3, -0.25) is 0 Å². The topological polar surface area (TPSA) is 72.0 Å². The Morgan fingerprint density at radius 3 is 1.85 bits per heavy atom. The summed E-state index contributed by atoms with van der Waals surface area (Å²) >= 11 is 5.03. The largest absolute Gasteiger partial charge is 0.550 e. The monoisotopic (exact) mass is 536 g/mol. The second kappa shape index (κ2) is 12.8. The van der Waals surface area contributed by atoms with Crippen LogP contribution in [0.2, 0.25) is 0 Å². The number of hydrogen-bond donors (Lipinski definition) is 0. The first-order valence-electron chi connectivity index (χ1n) is 10.6. The summed E-state index contributed by atoms with van der Waals surface area (Å²) in [7, 11) is 1.96. The molecule has 0 saturated heterocycles. The van der Waals surface area contributed by atoms with Gasteiger partial charge in [0.2, 0.25) is 0 Å². The zero-order chi connectivity index (χ0) is 24.3. The van der Waals surface area contributed by atoms with E-state index >= 15 is 0 Å². The third-order valence-electron chi connectivity index (χ3n) is 4.68. The predicted molar refractivity (Wildman–Crippen MR) is 137 cm³/mol. The van der Waals surface area contributed by atoms with Crippen molar-refractivity contribution in [2.75, 3.05) is 4.90 Å². The first-order valence-corrected chi connectivity index (χ1v) is 12.2. The van der Waals surface area contributed by atoms with Gasteiger partial charge in [0.05, 0.1) is 12.2 Å². The van der Waals surface area contributed by atoms with E-state index in [2.05, 4.69) is 104 Å². The molecule has 0 aliphatic carbocycles. The molecule has 0 spiro atoms. The highest BCUT2D eigenvalue weighted by Crippen LogP contribution is 2.27. The number of rotatable bonds is 7. The fourth-order valence-corrected chi connectivity index (χ4v) is 4.57. The number of thiazole rings is 1. The van der Waals surface area contributed by atoms with E-state index in [4.69, 9.17) is 9.90 Å². The van der Waals surface area contributed by atoms with Gasteiger partial charge in [-0.2, -0.15) is 0 Å². The molecule has 0 atom stereocenters. The molecule has 34 heavy (non-hydrogen) atoms. The number of aliphatic carboxylic acids is 1. The van der Waals surface area contributed by atoms with Gasteiger partial charge in [0.25, 0.3) is 0 Å². The molecule has 0 bridgehead atoms. The highest BCUT2D eigenvalue weighted by atomic mass is 79.9. The molecule has 0 fully saturated rings. The van der Waals surface area contributed by atoms with E-state index in [1.54, 1.807) is 11.3 Å². The minimum Gasteiger partial charge on any atom is -0.550 e. The third kappa shape index (κ3) is 8.20. The Morgan fingerprint density at radius 2 is 1.41 bits per heavy atom. The van der Waals surface area contributed by atoms with Crippen LogP contribution in [-0.4, -0.2) is 5.97 Å². The molecule has 0 N–H and O–H groups in total. The van der Waals surface area contributed by atoms with Crippen LogP contribution in [-0.2, 0) is 24.9 Å². The van der Waals surface area contributed by atoms with Crippen LogP contribution in [0.15, 0.2) is 105 Å². The van der Waals surface area contributed by atoms with Gasteiger partial charge in [0.1, 0.15) is 15.7 Å². The molecular weight excluding hydrogens is 512 g/mol. The lowest BCUT2D eigenvalue weighted by Crippen LogP contribution is -2.23. The lowest BCUT2D eigenvalue weighted by molar-refractivity contribution is -0.654. The smallest absolute Gasteiger partial charge is 0.409 e. The van der Waals surface area contributed by atoms with E-state index in [0.717, 1.165) is 40.3 Å². The molecular formula is C26H25BrN4O2S. The Balaban J connectivity index is 0.000000751. The van der Waals surface area contributed by atoms with E-state index in [1.807, 2.05) is 29.9 Å². The third-order valence-corrected chi connectivity index (χ3v) is 6.23. The van der Waals surface area contributed by atoms with Crippen molar-refractivity contribution in [1.82, 2.24) is 0 Å². The maximum absolute atomic E-state index is 8.89. The van der Waals surface area contributed by atoms with Crippen molar-refractivity contribution in [3.63, 3.8) is 0 Å². The molecule has 0 saturated carbocycles. The van der Waals surface area contributed by atoms with E-state index in [1.165, 1.54) is 11.1 Å². The molecule has 0 unspecified atom stereocenters. The quantitative estimate of drug-likeness (QED) is 0.224. The van der Waals surface area contributed by atoms with Crippen LogP contribution in [0.3, 0.4) is 0 Å². The van der Waals surface area contributed by atoms with Crippen LogP contribution in [0, 0.1) is 0 Å². The number of nitrogens with zero attached hydrogens (tertiary/aromatic N) is 4. The van der Waals surface area contributed by atoms with Crippen LogP contribution < -0.4 is 14.6 Å². The molecule has 4 rings (SSSR count). The minimum absolute atomic E-state index is 0.836. The molecule has 0 amide bonds. The summed E-state index contributed by atoms with van der Waals surface area (Å²) in [4.78, 5) is 11.3. The second-order valence-electron chi connectivity index (χ2n) is 7.46. The molecule has 0 aliphatic heterocycles. The molecule has 8 heteroatoms. The molecule has 174 valence electrons. The first kappa shape index (κ1) is 25.3. The number of azo groups is 1. The summed E-state index contributed by atoms with van der Waals surface area (Å²) in [5.41, 5.74) is 4.56. The first-order chi connectivity index (χ1) is 16.4. The molecule has 1 heterocycles. The van der Waals surface area contributed by atoms with Crippen molar-refractivity contribution >= 4 is 49.7 Å². The fourth-order valence-electron chi connectivity index (χ4n) is 3.16. The van der Waals surface area contributed by atoms with Crippen LogP contribution in [0.1, 0.15) is 18.1 Å². The number of hydrogen-bond acceptors (Lipinski definition) is 6. The standard InChI is InChI=1S/C24H22BrN4S.C2H4O2/c1-28-18-23(25)30-24(28)27-26-21-12-14-22(15-13-21)29(16-19-8-4-2-5-9-19)17-20-10-6-3-7-11-20;1-2(3)4/h2-15,18H,16-17H2,1H3;1H3,(H,3,4)/q+1;/p-1. The second-order valence-corrected chi connectivity index (χ2v) is 9.85. The lowest BCUT2D eigenvalue weighted by atomic mass is 10.1. The summed E-state index contributed by atoms with van der Waals surface area (Å²) in [5, 5.41) is 18.5. The summed E-state index contributed by atoms with van der Waals surface area (Å²) in [6.07, 6.45) is 1.98. The summed E-state index contributed by atoms with van der Waals surface area (Å²) in [6, 6.07) is 29.4. The van der Waals surface area contributed by atoms with Gasteiger partial charge in [-0.15, -0.1) is 0 Å². The molecule has 0 aliphatic rings. The van der Waals surface area contributed by atoms with Crippen molar-refractivity contribution in [1.29, 1.82) is 0 Å². The average molecular weight is 537 g/mol. The maximum atomic E-state index is 8.89. The van der Waals surface area contributed by atoms with Gasteiger partial charge in [0, 0.05) is 24.7 Å². The Morgan fingerprint density at radius 1 is 0.912 bits per heavy atom. The number of carbonyl (C=O) groups excluding carboxylic acids is 1. The molecule has 3 aromatic carbocycles. The number of benzene rings is 3. The number of aromatic nitrogens is 1. The Hall–Kier alpha value is -3.36. The SMILES string of the molecule is CC(=O)[O-].C[n+]1cc(Br)sc1N=Nc1ccc(N(Cc2ccccc2)Cc2ccccc2)cc1. The average Bonchev–Trinajstić information content (AvgIpc) is 3.15. The number of anilines is 1. The van der Waals surface area contributed by atoms with E-state index < -0.39 is 5.97 Å². The van der Waals surface area contributed by atoms with Crippen molar-refractivity contribution in [2.24, 2.45) is 17.3 Å². The molecule has 4 aromatic rings. The highest BCUT2D eigenvalue weighted by molar-refractivity contribution is 9.11. The zero-order valence-corrected chi connectivity index (χ0v) is 21.4. The Labute approximate surface area is 212 Å². The van der Waals surface area contributed by atoms with E-state index in [0.29, 0.717) is 0 Å². The van der Waals surface area contributed by atoms with Gasteiger partial charge >= 0.3 is 5.13 Å². The predicted octanol–water partition coefficient (Wildman–Crippen LogP) is 5.71. The van der Waals surface area contributed by atoms with E-state index in [9.17, 15) is 0 Å². The Bertz CT molecular complexity index is 1170. The number of carboxylic acid groups (broad SMARTS) is 1. The summed E-state index contributed by atoms with van der Waals surface area (Å²) < 4.78 is 2.99. The molecule has 6 nitrogen and oxygen atoms in total.